The van der Waals surface area contributed by atoms with Crippen molar-refractivity contribution in [2.24, 2.45) is 0 Å². The van der Waals surface area contributed by atoms with E-state index in [2.05, 4.69) is 4.98 Å². The fraction of sp³-hybridized carbons (Fsp3) is 0.286. The normalized spacial score (nSPS) is 10.7. The van der Waals surface area contributed by atoms with E-state index < -0.39 is 5.97 Å². The number of thiazole rings is 1. The highest BCUT2D eigenvalue weighted by molar-refractivity contribution is 7.12. The third-order valence-corrected chi connectivity index (χ3v) is 5.12. The van der Waals surface area contributed by atoms with Gasteiger partial charge >= 0.3 is 5.97 Å². The molecule has 0 aliphatic carbocycles. The Morgan fingerprint density at radius 2 is 1.96 bits per heavy atom. The Labute approximate surface area is 167 Å². The molecule has 0 saturated heterocycles. The summed E-state index contributed by atoms with van der Waals surface area (Å²) in [5.74, 6) is 0.0424. The summed E-state index contributed by atoms with van der Waals surface area (Å²) in [6.45, 7) is 5.63. The molecular formula is C21H22N2O4S. The van der Waals surface area contributed by atoms with Gasteiger partial charge in [-0.3, -0.25) is 14.2 Å². The first-order valence-electron chi connectivity index (χ1n) is 8.93. The van der Waals surface area contributed by atoms with E-state index in [1.165, 1.54) is 11.3 Å². The van der Waals surface area contributed by atoms with Crippen molar-refractivity contribution in [1.82, 2.24) is 9.55 Å². The Bertz CT molecular complexity index is 976. The first kappa shape index (κ1) is 19.8. The number of aromatic nitrogens is 2. The Balaban J connectivity index is 1.52. The maximum atomic E-state index is 12.5. The zero-order chi connectivity index (χ0) is 20.1. The molecule has 0 N–H and O–H groups in total. The number of para-hydroxylation sites is 1. The minimum atomic E-state index is -0.462. The van der Waals surface area contributed by atoms with Crippen molar-refractivity contribution in [3.05, 3.63) is 64.4 Å². The molecule has 6 nitrogen and oxygen atoms in total. The van der Waals surface area contributed by atoms with Gasteiger partial charge in [-0.2, -0.15) is 0 Å². The molecule has 3 rings (SSSR count). The van der Waals surface area contributed by atoms with Crippen LogP contribution in [0.25, 0.3) is 5.13 Å². The number of Topliss-reactive ketones (excluding diaryl/α,β-unsaturated/α-hetero) is 1. The third-order valence-electron chi connectivity index (χ3n) is 4.36. The molecule has 0 amide bonds. The number of hydrogen-bond donors (Lipinski definition) is 0. The van der Waals surface area contributed by atoms with Crippen LogP contribution in [0.4, 0.5) is 0 Å². The van der Waals surface area contributed by atoms with Gasteiger partial charge in [-0.15, -0.1) is 11.3 Å². The highest BCUT2D eigenvalue weighted by atomic mass is 32.1. The van der Waals surface area contributed by atoms with Gasteiger partial charge in [0.05, 0.1) is 13.0 Å². The van der Waals surface area contributed by atoms with Crippen molar-refractivity contribution in [2.45, 2.75) is 27.2 Å². The van der Waals surface area contributed by atoms with E-state index in [4.69, 9.17) is 9.47 Å². The van der Waals surface area contributed by atoms with Gasteiger partial charge in [0, 0.05) is 28.5 Å². The fourth-order valence-electron chi connectivity index (χ4n) is 2.92. The average Bonchev–Trinajstić information content (AvgIpc) is 3.29. The zero-order valence-electron chi connectivity index (χ0n) is 16.1. The Kier molecular flexibility index (Phi) is 6.26. The summed E-state index contributed by atoms with van der Waals surface area (Å²) in [7, 11) is 0. The molecule has 3 aromatic rings. The minimum absolute atomic E-state index is 0.0831. The second-order valence-corrected chi connectivity index (χ2v) is 7.26. The highest BCUT2D eigenvalue weighted by Crippen LogP contribution is 2.22. The first-order valence-corrected chi connectivity index (χ1v) is 9.81. The fourth-order valence-corrected chi connectivity index (χ4v) is 3.68. The SMILES string of the molecule is Cc1ccccc1OCCC(=O)OCC(=O)c1cc(C)n(-c2nccs2)c1C. The van der Waals surface area contributed by atoms with Gasteiger partial charge < -0.3 is 9.47 Å². The van der Waals surface area contributed by atoms with Gasteiger partial charge in [0.1, 0.15) is 5.75 Å². The quantitative estimate of drug-likeness (QED) is 0.423. The number of ether oxygens (including phenoxy) is 2. The van der Waals surface area contributed by atoms with Crippen LogP contribution in [-0.4, -0.2) is 34.5 Å². The third kappa shape index (κ3) is 4.48. The van der Waals surface area contributed by atoms with Gasteiger partial charge in [0.15, 0.2) is 11.7 Å². The van der Waals surface area contributed by atoms with E-state index in [0.717, 1.165) is 27.8 Å². The van der Waals surface area contributed by atoms with Crippen LogP contribution in [0.1, 0.15) is 33.7 Å². The monoisotopic (exact) mass is 398 g/mol. The molecule has 28 heavy (non-hydrogen) atoms. The lowest BCUT2D eigenvalue weighted by atomic mass is 10.1. The standard InChI is InChI=1S/C21H22N2O4S/c1-14-6-4-5-7-19(14)26-10-8-20(25)27-13-18(24)17-12-15(2)23(16(17)3)21-22-9-11-28-21/h4-7,9,11-12H,8,10,13H2,1-3H3. The van der Waals surface area contributed by atoms with E-state index in [0.29, 0.717) is 5.56 Å². The summed E-state index contributed by atoms with van der Waals surface area (Å²) in [6, 6.07) is 9.39. The van der Waals surface area contributed by atoms with Crippen LogP contribution in [0.5, 0.6) is 5.75 Å². The molecule has 0 aliphatic heterocycles. The average molecular weight is 398 g/mol. The van der Waals surface area contributed by atoms with Crippen molar-refractivity contribution in [2.75, 3.05) is 13.2 Å². The Hall–Kier alpha value is -2.93. The summed E-state index contributed by atoms with van der Waals surface area (Å²) in [4.78, 5) is 28.7. The molecule has 0 spiro atoms. The molecule has 0 fully saturated rings. The molecule has 146 valence electrons. The van der Waals surface area contributed by atoms with Crippen LogP contribution < -0.4 is 4.74 Å². The molecule has 0 atom stereocenters. The summed E-state index contributed by atoms with van der Waals surface area (Å²) < 4.78 is 12.6. The van der Waals surface area contributed by atoms with Gasteiger partial charge in [0.2, 0.25) is 5.78 Å². The molecule has 2 heterocycles. The maximum absolute atomic E-state index is 12.5. The molecule has 2 aromatic heterocycles. The summed E-state index contributed by atoms with van der Waals surface area (Å²) in [5, 5.41) is 2.69. The van der Waals surface area contributed by atoms with Crippen LogP contribution in [0.3, 0.4) is 0 Å². The highest BCUT2D eigenvalue weighted by Gasteiger charge is 2.19. The maximum Gasteiger partial charge on any atom is 0.309 e. The second-order valence-electron chi connectivity index (χ2n) is 6.38. The summed E-state index contributed by atoms with van der Waals surface area (Å²) in [5.41, 5.74) is 3.24. The van der Waals surface area contributed by atoms with Crippen LogP contribution >= 0.6 is 11.3 Å². The lowest BCUT2D eigenvalue weighted by molar-refractivity contribution is -0.143. The van der Waals surface area contributed by atoms with E-state index >= 15 is 0 Å². The van der Waals surface area contributed by atoms with Gasteiger partial charge in [-0.05, 0) is 38.5 Å². The number of aryl methyl sites for hydroxylation is 2. The number of rotatable bonds is 8. The largest absolute Gasteiger partial charge is 0.493 e. The number of benzene rings is 1. The first-order chi connectivity index (χ1) is 13.5. The zero-order valence-corrected chi connectivity index (χ0v) is 16.9. The van der Waals surface area contributed by atoms with Crippen molar-refractivity contribution in [3.8, 4) is 10.9 Å². The van der Waals surface area contributed by atoms with E-state index in [1.807, 2.05) is 55.0 Å². The van der Waals surface area contributed by atoms with Crippen LogP contribution in [0.15, 0.2) is 41.9 Å². The van der Waals surface area contributed by atoms with Crippen molar-refractivity contribution >= 4 is 23.1 Å². The number of hydrogen-bond acceptors (Lipinski definition) is 6. The number of carbonyl (C=O) groups is 2. The molecule has 0 unspecified atom stereocenters. The van der Waals surface area contributed by atoms with Crippen molar-refractivity contribution in [3.63, 3.8) is 0 Å². The van der Waals surface area contributed by atoms with Crippen molar-refractivity contribution in [1.29, 1.82) is 0 Å². The topological polar surface area (TPSA) is 70.4 Å². The van der Waals surface area contributed by atoms with Gasteiger partial charge in [-0.25, -0.2) is 4.98 Å². The molecule has 0 saturated carbocycles. The van der Waals surface area contributed by atoms with E-state index in [-0.39, 0.29) is 25.4 Å². The predicted molar refractivity (Wildman–Crippen MR) is 107 cm³/mol. The number of carbonyl (C=O) groups excluding carboxylic acids is 2. The van der Waals surface area contributed by atoms with Crippen LogP contribution in [0, 0.1) is 20.8 Å². The van der Waals surface area contributed by atoms with Crippen LogP contribution in [-0.2, 0) is 9.53 Å². The van der Waals surface area contributed by atoms with Crippen molar-refractivity contribution < 1.29 is 19.1 Å². The predicted octanol–water partition coefficient (Wildman–Crippen LogP) is 4.05. The summed E-state index contributed by atoms with van der Waals surface area (Å²) in [6.07, 6.45) is 1.81. The molecular weight excluding hydrogens is 376 g/mol. The van der Waals surface area contributed by atoms with Gasteiger partial charge in [-0.1, -0.05) is 18.2 Å². The smallest absolute Gasteiger partial charge is 0.309 e. The lowest BCUT2D eigenvalue weighted by Gasteiger charge is -2.09. The molecule has 0 radical (unpaired) electrons. The molecule has 0 bridgehead atoms. The lowest BCUT2D eigenvalue weighted by Crippen LogP contribution is -2.16. The van der Waals surface area contributed by atoms with Crippen LogP contribution in [0.2, 0.25) is 0 Å². The van der Waals surface area contributed by atoms with E-state index in [9.17, 15) is 9.59 Å². The molecule has 1 aromatic carbocycles. The van der Waals surface area contributed by atoms with E-state index in [1.54, 1.807) is 12.3 Å². The molecule has 0 aliphatic rings. The molecule has 7 heteroatoms. The Morgan fingerprint density at radius 1 is 1.18 bits per heavy atom. The summed E-state index contributed by atoms with van der Waals surface area (Å²) >= 11 is 1.50. The number of esters is 1. The van der Waals surface area contributed by atoms with Gasteiger partial charge in [0.25, 0.3) is 0 Å². The Morgan fingerprint density at radius 3 is 2.68 bits per heavy atom. The number of nitrogens with zero attached hydrogens (tertiary/aromatic N) is 2. The second kappa shape index (κ2) is 8.84. The number of ketones is 1. The minimum Gasteiger partial charge on any atom is -0.493 e.